The van der Waals surface area contributed by atoms with Crippen LogP contribution in [0.2, 0.25) is 0 Å². The van der Waals surface area contributed by atoms with Crippen LogP contribution in [-0.2, 0) is 0 Å². The molecule has 0 aliphatic carbocycles. The molecule has 0 radical (unpaired) electrons. The third-order valence-corrected chi connectivity index (χ3v) is 4.61. The fourth-order valence-corrected chi connectivity index (χ4v) is 3.04. The van der Waals surface area contributed by atoms with Crippen LogP contribution in [0.15, 0.2) is 22.7 Å². The fraction of sp³-hybridized carbons (Fsp3) is 0.625. The number of methoxy groups -OCH3 is 1. The third-order valence-electron chi connectivity index (χ3n) is 3.89. The number of hydrazine groups is 1. The standard InChI is InChI=1S/C16H27BrN2O/c1-4-6-7-12(5-2)10-16(19-18)14-11-13(20-3)8-9-15(14)17/h8-9,11-12,16,19H,4-7,10,18H2,1-3H3. The Balaban J connectivity index is 2.83. The molecule has 0 spiro atoms. The topological polar surface area (TPSA) is 47.3 Å². The molecule has 0 saturated carbocycles. The number of rotatable bonds is 9. The van der Waals surface area contributed by atoms with Gasteiger partial charge in [-0.2, -0.15) is 0 Å². The number of nitrogens with one attached hydrogen (secondary N) is 1. The summed E-state index contributed by atoms with van der Waals surface area (Å²) in [5.74, 6) is 7.35. The maximum absolute atomic E-state index is 5.79. The first-order valence-electron chi connectivity index (χ1n) is 7.45. The Bertz CT molecular complexity index is 398. The van der Waals surface area contributed by atoms with E-state index in [1.165, 1.54) is 31.2 Å². The Morgan fingerprint density at radius 3 is 2.65 bits per heavy atom. The van der Waals surface area contributed by atoms with E-state index in [1.807, 2.05) is 12.1 Å². The van der Waals surface area contributed by atoms with Crippen molar-refractivity contribution >= 4 is 15.9 Å². The monoisotopic (exact) mass is 342 g/mol. The Kier molecular flexibility index (Phi) is 8.19. The molecule has 0 fully saturated rings. The molecule has 1 aromatic carbocycles. The molecule has 4 heteroatoms. The van der Waals surface area contributed by atoms with Gasteiger partial charge in [-0.25, -0.2) is 0 Å². The third kappa shape index (κ3) is 5.08. The van der Waals surface area contributed by atoms with Crippen LogP contribution in [0, 0.1) is 5.92 Å². The number of nitrogens with two attached hydrogens (primary N) is 1. The van der Waals surface area contributed by atoms with Gasteiger partial charge in [-0.15, -0.1) is 0 Å². The maximum atomic E-state index is 5.79. The van der Waals surface area contributed by atoms with Gasteiger partial charge in [0.05, 0.1) is 7.11 Å². The zero-order valence-corrected chi connectivity index (χ0v) is 14.4. The summed E-state index contributed by atoms with van der Waals surface area (Å²) in [5.41, 5.74) is 4.13. The Morgan fingerprint density at radius 1 is 1.35 bits per heavy atom. The molecule has 0 saturated heterocycles. The highest BCUT2D eigenvalue weighted by atomic mass is 79.9. The van der Waals surface area contributed by atoms with E-state index in [0.29, 0.717) is 5.92 Å². The lowest BCUT2D eigenvalue weighted by Crippen LogP contribution is -2.30. The summed E-state index contributed by atoms with van der Waals surface area (Å²) in [5, 5.41) is 0. The van der Waals surface area contributed by atoms with Crippen molar-refractivity contribution in [1.29, 1.82) is 0 Å². The normalized spacial score (nSPS) is 14.1. The van der Waals surface area contributed by atoms with Crippen molar-refractivity contribution in [2.45, 2.75) is 52.0 Å². The molecule has 0 aliphatic rings. The average molecular weight is 343 g/mol. The van der Waals surface area contributed by atoms with Crippen molar-refractivity contribution < 1.29 is 4.74 Å². The molecule has 20 heavy (non-hydrogen) atoms. The van der Waals surface area contributed by atoms with Crippen LogP contribution in [0.25, 0.3) is 0 Å². The second-order valence-electron chi connectivity index (χ2n) is 5.26. The van der Waals surface area contributed by atoms with Gasteiger partial charge in [-0.3, -0.25) is 11.3 Å². The van der Waals surface area contributed by atoms with E-state index in [-0.39, 0.29) is 6.04 Å². The SMILES string of the molecule is CCCCC(CC)CC(NN)c1cc(OC)ccc1Br. The number of hydrogen-bond acceptors (Lipinski definition) is 3. The summed E-state index contributed by atoms with van der Waals surface area (Å²) in [4.78, 5) is 0. The zero-order valence-electron chi connectivity index (χ0n) is 12.8. The van der Waals surface area contributed by atoms with Gasteiger partial charge in [0.25, 0.3) is 0 Å². The molecule has 0 aliphatic heterocycles. The molecule has 1 rings (SSSR count). The summed E-state index contributed by atoms with van der Waals surface area (Å²) in [6, 6.07) is 6.18. The number of ether oxygens (including phenoxy) is 1. The number of unbranched alkanes of at least 4 members (excludes halogenated alkanes) is 1. The highest BCUT2D eigenvalue weighted by molar-refractivity contribution is 9.10. The Labute approximate surface area is 131 Å². The van der Waals surface area contributed by atoms with Crippen LogP contribution in [0.5, 0.6) is 5.75 Å². The first kappa shape index (κ1) is 17.5. The molecule has 0 heterocycles. The molecule has 3 nitrogen and oxygen atoms in total. The van der Waals surface area contributed by atoms with Gasteiger partial charge in [0, 0.05) is 10.5 Å². The Hall–Kier alpha value is -0.580. The molecule has 0 amide bonds. The molecule has 114 valence electrons. The molecular weight excluding hydrogens is 316 g/mol. The van der Waals surface area contributed by atoms with Crippen LogP contribution in [0.4, 0.5) is 0 Å². The first-order valence-corrected chi connectivity index (χ1v) is 8.25. The van der Waals surface area contributed by atoms with E-state index in [1.54, 1.807) is 7.11 Å². The highest BCUT2D eigenvalue weighted by Gasteiger charge is 2.18. The minimum atomic E-state index is 0.154. The van der Waals surface area contributed by atoms with E-state index < -0.39 is 0 Å². The lowest BCUT2D eigenvalue weighted by atomic mass is 9.89. The molecule has 3 N–H and O–H groups in total. The predicted octanol–water partition coefficient (Wildman–Crippen LogP) is 4.57. The van der Waals surface area contributed by atoms with E-state index in [2.05, 4.69) is 41.3 Å². The van der Waals surface area contributed by atoms with Gasteiger partial charge in [0.15, 0.2) is 0 Å². The summed E-state index contributed by atoms with van der Waals surface area (Å²) < 4.78 is 6.39. The minimum absolute atomic E-state index is 0.154. The lowest BCUT2D eigenvalue weighted by molar-refractivity contribution is 0.354. The van der Waals surface area contributed by atoms with Crippen molar-refractivity contribution in [3.8, 4) is 5.75 Å². The van der Waals surface area contributed by atoms with Gasteiger partial charge >= 0.3 is 0 Å². The minimum Gasteiger partial charge on any atom is -0.497 e. The molecular formula is C16H27BrN2O. The Morgan fingerprint density at radius 2 is 2.10 bits per heavy atom. The van der Waals surface area contributed by atoms with Crippen molar-refractivity contribution in [3.05, 3.63) is 28.2 Å². The second-order valence-corrected chi connectivity index (χ2v) is 6.11. The highest BCUT2D eigenvalue weighted by Crippen LogP contribution is 2.32. The van der Waals surface area contributed by atoms with E-state index in [0.717, 1.165) is 16.6 Å². The molecule has 1 aromatic rings. The zero-order chi connectivity index (χ0) is 15.0. The van der Waals surface area contributed by atoms with Gasteiger partial charge in [-0.05, 0) is 36.1 Å². The van der Waals surface area contributed by atoms with E-state index >= 15 is 0 Å². The average Bonchev–Trinajstić information content (AvgIpc) is 2.48. The maximum Gasteiger partial charge on any atom is 0.119 e. The number of hydrogen-bond donors (Lipinski definition) is 2. The number of halogens is 1. The summed E-state index contributed by atoms with van der Waals surface area (Å²) >= 11 is 3.61. The van der Waals surface area contributed by atoms with E-state index in [9.17, 15) is 0 Å². The lowest BCUT2D eigenvalue weighted by Gasteiger charge is -2.24. The largest absolute Gasteiger partial charge is 0.497 e. The molecule has 0 bridgehead atoms. The van der Waals surface area contributed by atoms with Crippen LogP contribution in [0.1, 0.15) is 57.6 Å². The van der Waals surface area contributed by atoms with Gasteiger partial charge in [-0.1, -0.05) is 55.5 Å². The predicted molar refractivity (Wildman–Crippen MR) is 88.7 cm³/mol. The second kappa shape index (κ2) is 9.37. The van der Waals surface area contributed by atoms with Gasteiger partial charge < -0.3 is 4.74 Å². The summed E-state index contributed by atoms with van der Waals surface area (Å²) in [7, 11) is 1.69. The summed E-state index contributed by atoms with van der Waals surface area (Å²) in [6.45, 7) is 4.50. The van der Waals surface area contributed by atoms with Gasteiger partial charge in [0.2, 0.25) is 0 Å². The van der Waals surface area contributed by atoms with Crippen molar-refractivity contribution in [2.24, 2.45) is 11.8 Å². The quantitative estimate of drug-likeness (QED) is 0.510. The van der Waals surface area contributed by atoms with Crippen LogP contribution >= 0.6 is 15.9 Å². The van der Waals surface area contributed by atoms with E-state index in [4.69, 9.17) is 10.6 Å². The van der Waals surface area contributed by atoms with Crippen LogP contribution < -0.4 is 16.0 Å². The molecule has 2 atom stereocenters. The molecule has 2 unspecified atom stereocenters. The van der Waals surface area contributed by atoms with Crippen molar-refractivity contribution in [2.75, 3.05) is 7.11 Å². The van der Waals surface area contributed by atoms with Crippen molar-refractivity contribution in [1.82, 2.24) is 5.43 Å². The summed E-state index contributed by atoms with van der Waals surface area (Å²) in [6.07, 6.45) is 6.06. The van der Waals surface area contributed by atoms with Crippen LogP contribution in [0.3, 0.4) is 0 Å². The van der Waals surface area contributed by atoms with Crippen LogP contribution in [-0.4, -0.2) is 7.11 Å². The van der Waals surface area contributed by atoms with Crippen molar-refractivity contribution in [3.63, 3.8) is 0 Å². The smallest absolute Gasteiger partial charge is 0.119 e. The van der Waals surface area contributed by atoms with Gasteiger partial charge in [0.1, 0.15) is 5.75 Å². The first-order chi connectivity index (χ1) is 9.65. The fourth-order valence-electron chi connectivity index (χ4n) is 2.52. The molecule has 0 aromatic heterocycles. The number of benzene rings is 1.